The van der Waals surface area contributed by atoms with Crippen LogP contribution in [0.5, 0.6) is 11.5 Å². The highest BCUT2D eigenvalue weighted by atomic mass is 79.9. The number of allylic oxidation sites excluding steroid dienone is 2. The SMILES string of the molecule is COc1cc(Br)cc(C2C3=CCC4C(=O)N(O)C(=O)C4C3CC3C(=O)N(c4ccc(F)c(Cl)c4)C(=O)C32C)c1O. The molecule has 0 spiro atoms. The van der Waals surface area contributed by atoms with Crippen LogP contribution in [0.25, 0.3) is 0 Å². The fourth-order valence-corrected chi connectivity index (χ4v) is 7.81. The van der Waals surface area contributed by atoms with Crippen molar-refractivity contribution >= 4 is 56.8 Å². The lowest BCUT2D eigenvalue weighted by Gasteiger charge is -2.49. The number of methoxy groups -OCH3 is 1. The van der Waals surface area contributed by atoms with Crippen molar-refractivity contribution in [2.24, 2.45) is 29.1 Å². The van der Waals surface area contributed by atoms with Gasteiger partial charge in [0.05, 0.1) is 41.0 Å². The number of halogens is 3. The molecule has 3 fully saturated rings. The first-order valence-corrected chi connectivity index (χ1v) is 13.7. The molecule has 1 saturated carbocycles. The summed E-state index contributed by atoms with van der Waals surface area (Å²) in [7, 11) is 1.38. The first-order valence-electron chi connectivity index (χ1n) is 12.6. The molecule has 4 aliphatic rings. The van der Waals surface area contributed by atoms with Crippen LogP contribution < -0.4 is 9.64 Å². The molecule has 40 heavy (non-hydrogen) atoms. The van der Waals surface area contributed by atoms with E-state index in [1.807, 2.05) is 0 Å². The summed E-state index contributed by atoms with van der Waals surface area (Å²) in [5, 5.41) is 21.3. The molecule has 2 aromatic carbocycles. The Morgan fingerprint density at radius 2 is 1.82 bits per heavy atom. The van der Waals surface area contributed by atoms with Gasteiger partial charge in [0, 0.05) is 16.0 Å². The summed E-state index contributed by atoms with van der Waals surface area (Å²) in [6.45, 7) is 1.64. The molecule has 0 bridgehead atoms. The number of aromatic hydroxyl groups is 1. The zero-order valence-electron chi connectivity index (χ0n) is 21.2. The second kappa shape index (κ2) is 9.12. The molecule has 2 aliphatic heterocycles. The number of phenolic OH excluding ortho intramolecular Hbond substituents is 1. The van der Waals surface area contributed by atoms with Gasteiger partial charge in [0.25, 0.3) is 11.8 Å². The highest BCUT2D eigenvalue weighted by Gasteiger charge is 2.68. The second-order valence-corrected chi connectivity index (χ2v) is 12.1. The van der Waals surface area contributed by atoms with Crippen molar-refractivity contribution < 1.29 is 38.6 Å². The fourth-order valence-electron chi connectivity index (χ4n) is 7.18. The summed E-state index contributed by atoms with van der Waals surface area (Å²) in [4.78, 5) is 55.1. The zero-order chi connectivity index (χ0) is 28.8. The van der Waals surface area contributed by atoms with Crippen LogP contribution in [0.15, 0.2) is 46.5 Å². The number of hydroxylamine groups is 2. The third-order valence-corrected chi connectivity index (χ3v) is 9.76. The summed E-state index contributed by atoms with van der Waals surface area (Å²) >= 11 is 9.42. The van der Waals surface area contributed by atoms with E-state index in [4.69, 9.17) is 16.3 Å². The van der Waals surface area contributed by atoms with Crippen LogP contribution in [0.4, 0.5) is 10.1 Å². The number of nitrogens with zero attached hydrogens (tertiary/aromatic N) is 2. The molecule has 2 heterocycles. The van der Waals surface area contributed by atoms with Gasteiger partial charge in [0.1, 0.15) is 5.82 Å². The third kappa shape index (κ3) is 3.47. The predicted octanol–water partition coefficient (Wildman–Crippen LogP) is 4.58. The Hall–Kier alpha value is -3.28. The second-order valence-electron chi connectivity index (χ2n) is 10.8. The molecule has 2 aromatic rings. The highest BCUT2D eigenvalue weighted by molar-refractivity contribution is 9.10. The highest BCUT2D eigenvalue weighted by Crippen LogP contribution is 2.65. The van der Waals surface area contributed by atoms with Crippen molar-refractivity contribution in [2.75, 3.05) is 12.0 Å². The van der Waals surface area contributed by atoms with Crippen LogP contribution in [0.3, 0.4) is 0 Å². The minimum atomic E-state index is -1.44. The average Bonchev–Trinajstić information content (AvgIpc) is 3.26. The molecule has 0 aromatic heterocycles. The van der Waals surface area contributed by atoms with Crippen LogP contribution >= 0.6 is 27.5 Å². The Morgan fingerprint density at radius 3 is 2.50 bits per heavy atom. The van der Waals surface area contributed by atoms with E-state index in [2.05, 4.69) is 15.9 Å². The van der Waals surface area contributed by atoms with E-state index < -0.39 is 64.5 Å². The molecule has 2 aliphatic carbocycles. The number of fused-ring (bicyclic) bond motifs is 4. The van der Waals surface area contributed by atoms with E-state index in [-0.39, 0.29) is 40.1 Å². The summed E-state index contributed by atoms with van der Waals surface area (Å²) in [5.41, 5.74) is -0.436. The lowest BCUT2D eigenvalue weighted by atomic mass is 9.51. The predicted molar refractivity (Wildman–Crippen MR) is 142 cm³/mol. The number of ether oxygens (including phenoxy) is 1. The van der Waals surface area contributed by atoms with Crippen LogP contribution in [0.2, 0.25) is 5.02 Å². The maximum absolute atomic E-state index is 14.3. The van der Waals surface area contributed by atoms with Gasteiger partial charge >= 0.3 is 0 Å². The number of amides is 4. The minimum absolute atomic E-state index is 0.0504. The number of hydrogen-bond donors (Lipinski definition) is 2. The molecule has 6 rings (SSSR count). The number of benzene rings is 2. The van der Waals surface area contributed by atoms with Crippen LogP contribution in [-0.4, -0.2) is 46.1 Å². The Kier molecular flexibility index (Phi) is 6.14. The van der Waals surface area contributed by atoms with Gasteiger partial charge in [-0.25, -0.2) is 9.29 Å². The van der Waals surface area contributed by atoms with E-state index in [1.165, 1.54) is 19.2 Å². The molecule has 2 N–H and O–H groups in total. The van der Waals surface area contributed by atoms with Crippen molar-refractivity contribution in [1.82, 2.24) is 5.06 Å². The van der Waals surface area contributed by atoms with Crippen molar-refractivity contribution in [1.29, 1.82) is 0 Å². The molecule has 208 valence electrons. The Balaban J connectivity index is 1.58. The molecule has 4 amide bonds. The number of carbonyl (C=O) groups is 4. The Labute approximate surface area is 241 Å². The standard InChI is InChI=1S/C28H23BrClFN2O7/c1-28-17(25(36)32(27(28)38)12-3-6-19(31)18(30)9-12)10-15-13(4-5-14-21(15)26(37)33(39)24(14)35)22(28)16-7-11(29)8-20(40-2)23(16)34/h3-4,6-9,14-15,17,21-22,34,39H,5,10H2,1-2H3. The van der Waals surface area contributed by atoms with Crippen molar-refractivity contribution in [3.63, 3.8) is 0 Å². The Morgan fingerprint density at radius 1 is 1.10 bits per heavy atom. The normalized spacial score (nSPS) is 31.2. The van der Waals surface area contributed by atoms with E-state index in [0.717, 1.165) is 11.0 Å². The van der Waals surface area contributed by atoms with Crippen LogP contribution in [0.1, 0.15) is 31.2 Å². The summed E-state index contributed by atoms with van der Waals surface area (Å²) in [6.07, 6.45) is 1.97. The van der Waals surface area contributed by atoms with Crippen LogP contribution in [0, 0.1) is 34.9 Å². The molecular weight excluding hydrogens is 611 g/mol. The van der Waals surface area contributed by atoms with Gasteiger partial charge in [-0.05, 0) is 56.0 Å². The number of carbonyl (C=O) groups excluding carboxylic acids is 4. The van der Waals surface area contributed by atoms with Gasteiger partial charge in [-0.2, -0.15) is 5.06 Å². The first-order chi connectivity index (χ1) is 18.9. The third-order valence-electron chi connectivity index (χ3n) is 9.01. The maximum Gasteiger partial charge on any atom is 0.257 e. The molecule has 2 saturated heterocycles. The molecule has 6 unspecified atom stereocenters. The van der Waals surface area contributed by atoms with E-state index in [1.54, 1.807) is 25.1 Å². The minimum Gasteiger partial charge on any atom is -0.504 e. The zero-order valence-corrected chi connectivity index (χ0v) is 23.6. The summed E-state index contributed by atoms with van der Waals surface area (Å²) in [6, 6.07) is 6.75. The molecule has 6 atom stereocenters. The van der Waals surface area contributed by atoms with Crippen LogP contribution in [-0.2, 0) is 19.2 Å². The average molecular weight is 634 g/mol. The van der Waals surface area contributed by atoms with Crippen molar-refractivity contribution in [2.45, 2.75) is 25.7 Å². The van der Waals surface area contributed by atoms with Crippen molar-refractivity contribution in [3.8, 4) is 11.5 Å². The Bertz CT molecular complexity index is 1560. The summed E-state index contributed by atoms with van der Waals surface area (Å²) in [5.74, 6) is -7.72. The van der Waals surface area contributed by atoms with Gasteiger partial charge in [0.2, 0.25) is 11.8 Å². The monoisotopic (exact) mass is 632 g/mol. The lowest BCUT2D eigenvalue weighted by molar-refractivity contribution is -0.173. The number of hydrogen-bond acceptors (Lipinski definition) is 7. The van der Waals surface area contributed by atoms with Gasteiger partial charge in [-0.15, -0.1) is 0 Å². The fraction of sp³-hybridized carbons (Fsp3) is 0.357. The largest absolute Gasteiger partial charge is 0.504 e. The van der Waals surface area contributed by atoms with Gasteiger partial charge in [-0.1, -0.05) is 39.2 Å². The van der Waals surface area contributed by atoms with Crippen molar-refractivity contribution in [3.05, 3.63) is 62.9 Å². The maximum atomic E-state index is 14.3. The number of phenols is 1. The number of rotatable bonds is 3. The number of imide groups is 2. The van der Waals surface area contributed by atoms with E-state index in [0.29, 0.717) is 15.6 Å². The smallest absolute Gasteiger partial charge is 0.257 e. The van der Waals surface area contributed by atoms with Gasteiger partial charge in [0.15, 0.2) is 11.5 Å². The van der Waals surface area contributed by atoms with E-state index in [9.17, 15) is 33.9 Å². The lowest BCUT2D eigenvalue weighted by Crippen LogP contribution is -2.48. The first kappa shape index (κ1) is 26.9. The quantitative estimate of drug-likeness (QED) is 0.288. The van der Waals surface area contributed by atoms with Gasteiger partial charge < -0.3 is 9.84 Å². The number of anilines is 1. The topological polar surface area (TPSA) is 124 Å². The van der Waals surface area contributed by atoms with Gasteiger partial charge in [-0.3, -0.25) is 24.4 Å². The molecule has 12 heteroatoms. The van der Waals surface area contributed by atoms with E-state index >= 15 is 0 Å². The molecule has 9 nitrogen and oxygen atoms in total. The molecule has 0 radical (unpaired) electrons. The summed E-state index contributed by atoms with van der Waals surface area (Å²) < 4.78 is 19.9. The molecular formula is C28H23BrClFN2O7.